The number of rotatable bonds is 2. The summed E-state index contributed by atoms with van der Waals surface area (Å²) in [6.07, 6.45) is -4.40. The van der Waals surface area contributed by atoms with Gasteiger partial charge in [0.25, 0.3) is 0 Å². The van der Waals surface area contributed by atoms with Crippen LogP contribution >= 0.6 is 0 Å². The van der Waals surface area contributed by atoms with Crippen molar-refractivity contribution >= 4 is 5.69 Å². The minimum Gasteiger partial charge on any atom is -0.399 e. The predicted octanol–water partition coefficient (Wildman–Crippen LogP) is 2.24. The Morgan fingerprint density at radius 2 is 2.06 bits per heavy atom. The normalized spacial score (nSPS) is 17.2. The summed E-state index contributed by atoms with van der Waals surface area (Å²) in [6.45, 7) is 1.25. The first-order chi connectivity index (χ1) is 8.40. The van der Waals surface area contributed by atoms with Gasteiger partial charge in [-0.15, -0.1) is 0 Å². The van der Waals surface area contributed by atoms with Gasteiger partial charge in [-0.2, -0.15) is 18.4 Å². The number of nitrogens with zero attached hydrogens (tertiary/aromatic N) is 2. The quantitative estimate of drug-likeness (QED) is 0.824. The third-order valence-electron chi connectivity index (χ3n) is 2.97. The fraction of sp³-hybridized carbons (Fsp3) is 0.417. The molecule has 0 aliphatic carbocycles. The van der Waals surface area contributed by atoms with Gasteiger partial charge < -0.3 is 5.73 Å². The SMILES string of the molecule is N#CC1CN(Cc2ccc(N)cc2C(F)(F)F)C1. The monoisotopic (exact) mass is 255 g/mol. The van der Waals surface area contributed by atoms with Crippen LogP contribution in [0.2, 0.25) is 0 Å². The number of nitrogens with two attached hydrogens (primary N) is 1. The first kappa shape index (κ1) is 12.7. The van der Waals surface area contributed by atoms with E-state index in [1.807, 2.05) is 4.90 Å². The zero-order chi connectivity index (χ0) is 13.3. The lowest BCUT2D eigenvalue weighted by atomic mass is 9.99. The average molecular weight is 255 g/mol. The second kappa shape index (κ2) is 4.50. The van der Waals surface area contributed by atoms with Crippen LogP contribution in [0, 0.1) is 17.2 Å². The van der Waals surface area contributed by atoms with Crippen LogP contribution in [-0.2, 0) is 12.7 Å². The number of alkyl halides is 3. The van der Waals surface area contributed by atoms with Crippen LogP contribution in [0.1, 0.15) is 11.1 Å². The van der Waals surface area contributed by atoms with Crippen molar-refractivity contribution in [1.82, 2.24) is 4.90 Å². The highest BCUT2D eigenvalue weighted by Crippen LogP contribution is 2.34. The highest BCUT2D eigenvalue weighted by atomic mass is 19.4. The summed E-state index contributed by atoms with van der Waals surface area (Å²) in [7, 11) is 0. The molecular weight excluding hydrogens is 243 g/mol. The van der Waals surface area contributed by atoms with Gasteiger partial charge in [0.15, 0.2) is 0 Å². The highest BCUT2D eigenvalue weighted by Gasteiger charge is 2.35. The first-order valence-corrected chi connectivity index (χ1v) is 5.47. The van der Waals surface area contributed by atoms with E-state index in [9.17, 15) is 13.2 Å². The number of nitrogen functional groups attached to an aromatic ring is 1. The standard InChI is InChI=1S/C12H12F3N3/c13-12(14,15)11-3-10(17)2-1-9(11)7-18-5-8(4-16)6-18/h1-3,8H,5-7,17H2. The molecule has 3 nitrogen and oxygen atoms in total. The fourth-order valence-corrected chi connectivity index (χ4v) is 2.02. The molecule has 0 saturated carbocycles. The van der Waals surface area contributed by atoms with Gasteiger partial charge in [0.05, 0.1) is 17.6 Å². The zero-order valence-electron chi connectivity index (χ0n) is 9.54. The summed E-state index contributed by atoms with van der Waals surface area (Å²) in [5.74, 6) is -0.0619. The van der Waals surface area contributed by atoms with Crippen LogP contribution < -0.4 is 5.73 Å². The number of hydrogen-bond acceptors (Lipinski definition) is 3. The summed E-state index contributed by atoms with van der Waals surface area (Å²) in [5, 5.41) is 8.62. The van der Waals surface area contributed by atoms with Crippen molar-refractivity contribution in [3.63, 3.8) is 0 Å². The Labute approximate surface area is 103 Å². The number of hydrogen-bond donors (Lipinski definition) is 1. The molecule has 6 heteroatoms. The lowest BCUT2D eigenvalue weighted by Crippen LogP contribution is -2.45. The van der Waals surface area contributed by atoms with Gasteiger partial charge >= 0.3 is 6.18 Å². The summed E-state index contributed by atoms with van der Waals surface area (Å²) >= 11 is 0. The van der Waals surface area contributed by atoms with Crippen molar-refractivity contribution in [3.8, 4) is 6.07 Å². The van der Waals surface area contributed by atoms with Crippen molar-refractivity contribution in [2.45, 2.75) is 12.7 Å². The van der Waals surface area contributed by atoms with E-state index in [4.69, 9.17) is 11.0 Å². The molecule has 0 aromatic heterocycles. The van der Waals surface area contributed by atoms with Crippen molar-refractivity contribution in [2.75, 3.05) is 18.8 Å². The number of nitriles is 1. The Balaban J connectivity index is 2.16. The highest BCUT2D eigenvalue weighted by molar-refractivity contribution is 5.46. The average Bonchev–Trinajstić information content (AvgIpc) is 2.23. The molecule has 1 aromatic carbocycles. The molecule has 1 fully saturated rings. The molecule has 1 aliphatic heterocycles. The molecule has 1 aromatic rings. The summed E-state index contributed by atoms with van der Waals surface area (Å²) in [4.78, 5) is 1.81. The van der Waals surface area contributed by atoms with Crippen LogP contribution in [0.5, 0.6) is 0 Å². The lowest BCUT2D eigenvalue weighted by molar-refractivity contribution is -0.138. The third-order valence-corrected chi connectivity index (χ3v) is 2.97. The molecule has 1 saturated heterocycles. The van der Waals surface area contributed by atoms with E-state index < -0.39 is 11.7 Å². The Hall–Kier alpha value is -1.74. The van der Waals surface area contributed by atoms with Gasteiger partial charge in [0.1, 0.15) is 0 Å². The molecule has 0 bridgehead atoms. The second-order valence-corrected chi connectivity index (χ2v) is 4.43. The molecule has 0 radical (unpaired) electrons. The molecule has 0 atom stereocenters. The summed E-state index contributed by atoms with van der Waals surface area (Å²) in [5.41, 5.74) is 5.00. The molecule has 0 spiro atoms. The van der Waals surface area contributed by atoms with E-state index in [1.54, 1.807) is 0 Å². The Kier molecular flexibility index (Phi) is 3.18. The van der Waals surface area contributed by atoms with Gasteiger partial charge in [-0.05, 0) is 17.7 Å². The molecule has 2 N–H and O–H groups in total. The van der Waals surface area contributed by atoms with Gasteiger partial charge in [-0.3, -0.25) is 4.90 Å². The predicted molar refractivity (Wildman–Crippen MR) is 60.2 cm³/mol. The van der Waals surface area contributed by atoms with Crippen molar-refractivity contribution in [2.24, 2.45) is 5.92 Å². The van der Waals surface area contributed by atoms with E-state index >= 15 is 0 Å². The van der Waals surface area contributed by atoms with Gasteiger partial charge in [0, 0.05) is 25.3 Å². The van der Waals surface area contributed by atoms with Crippen molar-refractivity contribution in [1.29, 1.82) is 5.26 Å². The van der Waals surface area contributed by atoms with Crippen LogP contribution in [0.4, 0.5) is 18.9 Å². The fourth-order valence-electron chi connectivity index (χ4n) is 2.02. The molecule has 1 aliphatic rings. The summed E-state index contributed by atoms with van der Waals surface area (Å²) in [6, 6.07) is 5.91. The topological polar surface area (TPSA) is 53.0 Å². The molecular formula is C12H12F3N3. The molecule has 0 unspecified atom stereocenters. The molecule has 96 valence electrons. The second-order valence-electron chi connectivity index (χ2n) is 4.43. The number of halogens is 3. The minimum absolute atomic E-state index is 0.0619. The van der Waals surface area contributed by atoms with E-state index in [0.29, 0.717) is 13.1 Å². The van der Waals surface area contributed by atoms with Gasteiger partial charge in [-0.1, -0.05) is 6.07 Å². The Morgan fingerprint density at radius 1 is 1.39 bits per heavy atom. The van der Waals surface area contributed by atoms with Crippen LogP contribution in [0.3, 0.4) is 0 Å². The molecule has 18 heavy (non-hydrogen) atoms. The van der Waals surface area contributed by atoms with Crippen molar-refractivity contribution < 1.29 is 13.2 Å². The van der Waals surface area contributed by atoms with Gasteiger partial charge in [0.2, 0.25) is 0 Å². The number of likely N-dealkylation sites (tertiary alicyclic amines) is 1. The third kappa shape index (κ3) is 2.57. The van der Waals surface area contributed by atoms with Crippen LogP contribution in [0.15, 0.2) is 18.2 Å². The maximum Gasteiger partial charge on any atom is 0.416 e. The molecule has 2 rings (SSSR count). The first-order valence-electron chi connectivity index (χ1n) is 5.47. The maximum atomic E-state index is 12.8. The van der Waals surface area contributed by atoms with E-state index in [-0.39, 0.29) is 23.7 Å². The lowest BCUT2D eigenvalue weighted by Gasteiger charge is -2.35. The number of benzene rings is 1. The largest absolute Gasteiger partial charge is 0.416 e. The smallest absolute Gasteiger partial charge is 0.399 e. The summed E-state index contributed by atoms with van der Waals surface area (Å²) < 4.78 is 38.5. The van der Waals surface area contributed by atoms with Gasteiger partial charge in [-0.25, -0.2) is 0 Å². The van der Waals surface area contributed by atoms with E-state index in [1.165, 1.54) is 12.1 Å². The van der Waals surface area contributed by atoms with Crippen LogP contribution in [0.25, 0.3) is 0 Å². The maximum absolute atomic E-state index is 12.8. The van der Waals surface area contributed by atoms with Crippen LogP contribution in [-0.4, -0.2) is 18.0 Å². The number of anilines is 1. The van der Waals surface area contributed by atoms with Crippen molar-refractivity contribution in [3.05, 3.63) is 29.3 Å². The zero-order valence-corrected chi connectivity index (χ0v) is 9.54. The Bertz CT molecular complexity index is 484. The minimum atomic E-state index is -4.40. The molecule has 0 amide bonds. The van der Waals surface area contributed by atoms with E-state index in [0.717, 1.165) is 6.07 Å². The Morgan fingerprint density at radius 3 is 2.61 bits per heavy atom. The molecule has 1 heterocycles. The van der Waals surface area contributed by atoms with E-state index in [2.05, 4.69) is 6.07 Å².